The van der Waals surface area contributed by atoms with Gasteiger partial charge in [0.1, 0.15) is 11.6 Å². The Morgan fingerprint density at radius 1 is 1.07 bits per heavy atom. The van der Waals surface area contributed by atoms with Crippen LogP contribution in [0.4, 0.5) is 5.69 Å². The topological polar surface area (TPSA) is 46.9 Å². The molecule has 0 spiro atoms. The summed E-state index contributed by atoms with van der Waals surface area (Å²) in [6.07, 6.45) is 1.89. The van der Waals surface area contributed by atoms with Crippen molar-refractivity contribution in [1.82, 2.24) is 9.55 Å². The summed E-state index contributed by atoms with van der Waals surface area (Å²) in [5.74, 6) is -0.116. The van der Waals surface area contributed by atoms with Gasteiger partial charge in [-0.1, -0.05) is 48.0 Å². The van der Waals surface area contributed by atoms with Crippen molar-refractivity contribution in [2.24, 2.45) is 0 Å². The number of hydrogen-bond donors (Lipinski definition) is 1. The molecule has 2 aromatic heterocycles. The predicted molar refractivity (Wildman–Crippen MR) is 111 cm³/mol. The van der Waals surface area contributed by atoms with E-state index in [9.17, 15) is 4.79 Å². The second-order valence-corrected chi connectivity index (χ2v) is 7.28. The number of benzene rings is 2. The first-order chi connectivity index (χ1) is 13.2. The molecule has 4 rings (SSSR count). The lowest BCUT2D eigenvalue weighted by Crippen LogP contribution is -2.18. The van der Waals surface area contributed by atoms with Crippen LogP contribution < -0.4 is 5.32 Å². The van der Waals surface area contributed by atoms with Gasteiger partial charge in [0.05, 0.1) is 11.4 Å². The number of nitrogens with zero attached hydrogens (tertiary/aromatic N) is 2. The Labute approximate surface area is 166 Å². The van der Waals surface area contributed by atoms with Gasteiger partial charge in [0.15, 0.2) is 0 Å². The first-order valence-electron chi connectivity index (χ1n) is 8.41. The maximum absolute atomic E-state index is 12.4. The molecule has 0 aliphatic carbocycles. The highest BCUT2D eigenvalue weighted by atomic mass is 35.5. The van der Waals surface area contributed by atoms with Crippen LogP contribution >= 0.6 is 22.9 Å². The molecular formula is C21H16ClN3OS. The van der Waals surface area contributed by atoms with Crippen molar-refractivity contribution in [2.75, 3.05) is 5.32 Å². The number of carbonyl (C=O) groups is 1. The fourth-order valence-corrected chi connectivity index (χ4v) is 3.86. The second kappa shape index (κ2) is 7.78. The van der Waals surface area contributed by atoms with E-state index in [1.165, 1.54) is 0 Å². The summed E-state index contributed by atoms with van der Waals surface area (Å²) < 4.78 is 1.90. The molecular weight excluding hydrogens is 378 g/mol. The zero-order chi connectivity index (χ0) is 18.6. The molecule has 0 saturated heterocycles. The number of halogens is 1. The highest BCUT2D eigenvalue weighted by Crippen LogP contribution is 2.29. The van der Waals surface area contributed by atoms with Crippen LogP contribution in [0, 0.1) is 0 Å². The first kappa shape index (κ1) is 17.5. The number of amides is 1. The Morgan fingerprint density at radius 2 is 1.93 bits per heavy atom. The standard InChI is InChI=1S/C21H16ClN3OS/c22-16-8-4-9-17(12-16)23-20(26)13-25-11-5-10-19(25)21-24-18(14-27-21)15-6-2-1-3-7-15/h1-12,14H,13H2,(H,23,26). The molecule has 2 heterocycles. The van der Waals surface area contributed by atoms with E-state index in [1.807, 2.05) is 64.7 Å². The number of carbonyl (C=O) groups excluding carboxylic acids is 1. The van der Waals surface area contributed by atoms with Crippen molar-refractivity contribution in [2.45, 2.75) is 6.54 Å². The number of rotatable bonds is 5. The van der Waals surface area contributed by atoms with Crippen molar-refractivity contribution >= 4 is 34.5 Å². The van der Waals surface area contributed by atoms with Crippen molar-refractivity contribution in [3.05, 3.63) is 83.3 Å². The molecule has 27 heavy (non-hydrogen) atoms. The minimum atomic E-state index is -0.116. The summed E-state index contributed by atoms with van der Waals surface area (Å²) in [6.45, 7) is 0.203. The van der Waals surface area contributed by atoms with Gasteiger partial charge < -0.3 is 9.88 Å². The van der Waals surface area contributed by atoms with Crippen LogP contribution in [0.5, 0.6) is 0 Å². The smallest absolute Gasteiger partial charge is 0.244 e. The molecule has 0 bridgehead atoms. The third kappa shape index (κ3) is 4.10. The predicted octanol–water partition coefficient (Wildman–Crippen LogP) is 5.57. The molecule has 0 saturated carbocycles. The van der Waals surface area contributed by atoms with Crippen LogP contribution in [0.3, 0.4) is 0 Å². The second-order valence-electron chi connectivity index (χ2n) is 5.98. The number of hydrogen-bond acceptors (Lipinski definition) is 3. The summed E-state index contributed by atoms with van der Waals surface area (Å²) in [6, 6.07) is 21.1. The average Bonchev–Trinajstić information content (AvgIpc) is 3.31. The summed E-state index contributed by atoms with van der Waals surface area (Å²) in [4.78, 5) is 17.1. The molecule has 4 aromatic rings. The van der Waals surface area contributed by atoms with Gasteiger partial charge in [-0.05, 0) is 30.3 Å². The van der Waals surface area contributed by atoms with Crippen LogP contribution in [-0.4, -0.2) is 15.5 Å². The van der Waals surface area contributed by atoms with Gasteiger partial charge in [-0.25, -0.2) is 4.98 Å². The van der Waals surface area contributed by atoms with E-state index in [-0.39, 0.29) is 12.5 Å². The van der Waals surface area contributed by atoms with Gasteiger partial charge in [0.25, 0.3) is 0 Å². The van der Waals surface area contributed by atoms with Crippen LogP contribution in [0.15, 0.2) is 78.3 Å². The van der Waals surface area contributed by atoms with Crippen LogP contribution in [0.2, 0.25) is 5.02 Å². The van der Waals surface area contributed by atoms with E-state index in [4.69, 9.17) is 16.6 Å². The lowest BCUT2D eigenvalue weighted by atomic mass is 10.2. The molecule has 0 aliphatic rings. The Bertz CT molecular complexity index is 1070. The molecule has 4 nitrogen and oxygen atoms in total. The van der Waals surface area contributed by atoms with Crippen LogP contribution in [-0.2, 0) is 11.3 Å². The van der Waals surface area contributed by atoms with Crippen LogP contribution in [0.1, 0.15) is 0 Å². The third-order valence-corrected chi connectivity index (χ3v) is 5.14. The lowest BCUT2D eigenvalue weighted by molar-refractivity contribution is -0.116. The molecule has 0 unspecified atom stereocenters. The number of anilines is 1. The van der Waals surface area contributed by atoms with E-state index >= 15 is 0 Å². The Morgan fingerprint density at radius 3 is 2.74 bits per heavy atom. The van der Waals surface area contributed by atoms with E-state index in [2.05, 4.69) is 5.32 Å². The monoisotopic (exact) mass is 393 g/mol. The largest absolute Gasteiger partial charge is 0.336 e. The summed E-state index contributed by atoms with van der Waals surface area (Å²) in [5.41, 5.74) is 3.62. The molecule has 0 fully saturated rings. The van der Waals surface area contributed by atoms with Crippen molar-refractivity contribution in [3.8, 4) is 22.0 Å². The molecule has 134 valence electrons. The van der Waals surface area contributed by atoms with Gasteiger partial charge in [-0.2, -0.15) is 0 Å². The highest BCUT2D eigenvalue weighted by molar-refractivity contribution is 7.13. The van der Waals surface area contributed by atoms with E-state index < -0.39 is 0 Å². The summed E-state index contributed by atoms with van der Waals surface area (Å²) >= 11 is 7.53. The fourth-order valence-electron chi connectivity index (χ4n) is 2.80. The molecule has 6 heteroatoms. The van der Waals surface area contributed by atoms with Crippen molar-refractivity contribution in [1.29, 1.82) is 0 Å². The van der Waals surface area contributed by atoms with E-state index in [0.717, 1.165) is 22.0 Å². The normalized spacial score (nSPS) is 10.7. The van der Waals surface area contributed by atoms with E-state index in [1.54, 1.807) is 29.5 Å². The Hall–Kier alpha value is -2.89. The van der Waals surface area contributed by atoms with Gasteiger partial charge in [0.2, 0.25) is 5.91 Å². The lowest BCUT2D eigenvalue weighted by Gasteiger charge is -2.09. The Kier molecular flexibility index (Phi) is 5.05. The molecule has 1 N–H and O–H groups in total. The average molecular weight is 394 g/mol. The minimum Gasteiger partial charge on any atom is -0.336 e. The molecule has 2 aromatic carbocycles. The van der Waals surface area contributed by atoms with Crippen LogP contribution in [0.25, 0.3) is 22.0 Å². The number of nitrogens with one attached hydrogen (secondary N) is 1. The number of thiazole rings is 1. The SMILES string of the molecule is O=C(Cn1cccc1-c1nc(-c2ccccc2)cs1)Nc1cccc(Cl)c1. The molecule has 0 atom stereocenters. The quantitative estimate of drug-likeness (QED) is 0.481. The zero-order valence-corrected chi connectivity index (χ0v) is 15.9. The Balaban J connectivity index is 1.51. The fraction of sp³-hybridized carbons (Fsp3) is 0.0476. The maximum atomic E-state index is 12.4. The van der Waals surface area contributed by atoms with Gasteiger partial charge in [0, 0.05) is 27.9 Å². The molecule has 1 amide bonds. The summed E-state index contributed by atoms with van der Waals surface area (Å²) in [5, 5.41) is 6.38. The molecule has 0 radical (unpaired) electrons. The van der Waals surface area contributed by atoms with Crippen molar-refractivity contribution in [3.63, 3.8) is 0 Å². The maximum Gasteiger partial charge on any atom is 0.244 e. The molecule has 0 aliphatic heterocycles. The van der Waals surface area contributed by atoms with Crippen molar-refractivity contribution < 1.29 is 4.79 Å². The van der Waals surface area contributed by atoms with Gasteiger partial charge in [-0.3, -0.25) is 4.79 Å². The van der Waals surface area contributed by atoms with E-state index in [0.29, 0.717) is 10.7 Å². The number of aromatic nitrogens is 2. The first-order valence-corrected chi connectivity index (χ1v) is 9.67. The van der Waals surface area contributed by atoms with Gasteiger partial charge in [-0.15, -0.1) is 11.3 Å². The van der Waals surface area contributed by atoms with Gasteiger partial charge >= 0.3 is 0 Å². The highest BCUT2D eigenvalue weighted by Gasteiger charge is 2.12. The zero-order valence-electron chi connectivity index (χ0n) is 14.3. The minimum absolute atomic E-state index is 0.116. The third-order valence-electron chi connectivity index (χ3n) is 4.04. The summed E-state index contributed by atoms with van der Waals surface area (Å²) in [7, 11) is 0.